The van der Waals surface area contributed by atoms with E-state index in [1.165, 1.54) is 13.8 Å². The first kappa shape index (κ1) is 18.2. The SMILES string of the molecule is CC(CC(F)(F)F)NC(=O)NC(=O)CC(C)(C)C(=O)O. The number of carboxylic acid groups (broad SMARTS) is 1. The second kappa shape index (κ2) is 6.58. The second-order valence-corrected chi connectivity index (χ2v) is 5.11. The summed E-state index contributed by atoms with van der Waals surface area (Å²) in [5.74, 6) is -2.10. The zero-order valence-electron chi connectivity index (χ0n) is 11.3. The average Bonchev–Trinajstić information content (AvgIpc) is 2.11. The molecule has 0 radical (unpaired) electrons. The van der Waals surface area contributed by atoms with Crippen molar-refractivity contribution in [1.29, 1.82) is 0 Å². The molecular weight excluding hydrogens is 281 g/mol. The number of urea groups is 1. The van der Waals surface area contributed by atoms with Crippen LogP contribution in [0.15, 0.2) is 0 Å². The van der Waals surface area contributed by atoms with E-state index in [-0.39, 0.29) is 0 Å². The van der Waals surface area contributed by atoms with Gasteiger partial charge in [-0.3, -0.25) is 14.9 Å². The third-order valence-electron chi connectivity index (χ3n) is 2.35. The van der Waals surface area contributed by atoms with E-state index in [0.29, 0.717) is 0 Å². The lowest BCUT2D eigenvalue weighted by Gasteiger charge is -2.19. The van der Waals surface area contributed by atoms with Gasteiger partial charge in [0.25, 0.3) is 0 Å². The molecule has 20 heavy (non-hydrogen) atoms. The smallest absolute Gasteiger partial charge is 0.391 e. The van der Waals surface area contributed by atoms with Crippen LogP contribution in [-0.4, -0.2) is 35.2 Å². The molecule has 0 aliphatic heterocycles. The summed E-state index contributed by atoms with van der Waals surface area (Å²) in [5, 5.41) is 12.5. The van der Waals surface area contributed by atoms with Crippen LogP contribution in [0.5, 0.6) is 0 Å². The van der Waals surface area contributed by atoms with E-state index in [1.54, 1.807) is 5.32 Å². The Morgan fingerprint density at radius 3 is 2.10 bits per heavy atom. The Kier molecular flexibility index (Phi) is 5.98. The van der Waals surface area contributed by atoms with Gasteiger partial charge in [-0.15, -0.1) is 0 Å². The first-order valence-corrected chi connectivity index (χ1v) is 5.74. The van der Waals surface area contributed by atoms with Gasteiger partial charge in [0.1, 0.15) is 0 Å². The topological polar surface area (TPSA) is 95.5 Å². The molecule has 0 aliphatic rings. The fraction of sp³-hybridized carbons (Fsp3) is 0.727. The van der Waals surface area contributed by atoms with Crippen LogP contribution in [0, 0.1) is 5.41 Å². The number of hydrogen-bond donors (Lipinski definition) is 3. The van der Waals surface area contributed by atoms with Gasteiger partial charge in [0, 0.05) is 12.5 Å². The van der Waals surface area contributed by atoms with E-state index >= 15 is 0 Å². The standard InChI is InChI=1S/C11H17F3N2O4/c1-6(4-11(12,13)14)15-9(20)16-7(17)5-10(2,3)8(18)19/h6H,4-5H2,1-3H3,(H,18,19)(H2,15,16,17,20). The van der Waals surface area contributed by atoms with Gasteiger partial charge in [0.05, 0.1) is 11.8 Å². The van der Waals surface area contributed by atoms with Crippen LogP contribution < -0.4 is 10.6 Å². The molecular formula is C11H17F3N2O4. The molecule has 9 heteroatoms. The summed E-state index contributed by atoms with van der Waals surface area (Å²) >= 11 is 0. The fourth-order valence-electron chi connectivity index (χ4n) is 1.31. The maximum absolute atomic E-state index is 12.0. The van der Waals surface area contributed by atoms with E-state index in [1.807, 2.05) is 5.32 Å². The Bertz CT molecular complexity index is 394. The van der Waals surface area contributed by atoms with E-state index in [9.17, 15) is 27.6 Å². The molecule has 116 valence electrons. The molecule has 0 aromatic heterocycles. The number of alkyl halides is 3. The lowest BCUT2D eigenvalue weighted by Crippen LogP contribution is -2.46. The minimum absolute atomic E-state index is 0.469. The lowest BCUT2D eigenvalue weighted by molar-refractivity contribution is -0.149. The van der Waals surface area contributed by atoms with Crippen LogP contribution in [0.25, 0.3) is 0 Å². The Balaban J connectivity index is 4.28. The third kappa shape index (κ3) is 7.59. The first-order valence-electron chi connectivity index (χ1n) is 5.74. The molecule has 3 N–H and O–H groups in total. The van der Waals surface area contributed by atoms with Crippen molar-refractivity contribution in [3.05, 3.63) is 0 Å². The van der Waals surface area contributed by atoms with Crippen molar-refractivity contribution >= 4 is 17.9 Å². The second-order valence-electron chi connectivity index (χ2n) is 5.11. The molecule has 0 aromatic rings. The Labute approximate surface area is 113 Å². The molecule has 0 fully saturated rings. The highest BCUT2D eigenvalue weighted by atomic mass is 19.4. The minimum atomic E-state index is -4.43. The highest BCUT2D eigenvalue weighted by molar-refractivity contribution is 5.96. The van der Waals surface area contributed by atoms with Gasteiger partial charge in [0.15, 0.2) is 0 Å². The van der Waals surface area contributed by atoms with Gasteiger partial charge in [0.2, 0.25) is 5.91 Å². The number of carbonyl (C=O) groups excluding carboxylic acids is 2. The van der Waals surface area contributed by atoms with Crippen molar-refractivity contribution < 1.29 is 32.7 Å². The quantitative estimate of drug-likeness (QED) is 0.719. The number of hydrogen-bond acceptors (Lipinski definition) is 3. The number of amides is 3. The number of carbonyl (C=O) groups is 3. The van der Waals surface area contributed by atoms with E-state index in [4.69, 9.17) is 5.11 Å². The molecule has 0 saturated carbocycles. The molecule has 0 bridgehead atoms. The molecule has 3 amide bonds. The number of rotatable bonds is 5. The van der Waals surface area contributed by atoms with Crippen LogP contribution in [0.4, 0.5) is 18.0 Å². The lowest BCUT2D eigenvalue weighted by atomic mass is 9.89. The van der Waals surface area contributed by atoms with Gasteiger partial charge in [-0.05, 0) is 20.8 Å². The van der Waals surface area contributed by atoms with Crippen LogP contribution in [0.1, 0.15) is 33.6 Å². The molecule has 0 saturated heterocycles. The third-order valence-corrected chi connectivity index (χ3v) is 2.35. The Morgan fingerprint density at radius 2 is 1.70 bits per heavy atom. The molecule has 0 heterocycles. The van der Waals surface area contributed by atoms with E-state index in [2.05, 4.69) is 0 Å². The molecule has 0 aromatic carbocycles. The summed E-state index contributed by atoms with van der Waals surface area (Å²) < 4.78 is 36.1. The monoisotopic (exact) mass is 298 g/mol. The molecule has 6 nitrogen and oxygen atoms in total. The van der Waals surface area contributed by atoms with Crippen molar-refractivity contribution in [3.63, 3.8) is 0 Å². The number of nitrogens with one attached hydrogen (secondary N) is 2. The van der Waals surface area contributed by atoms with Crippen LogP contribution in [-0.2, 0) is 9.59 Å². The summed E-state index contributed by atoms with van der Waals surface area (Å²) in [6.45, 7) is 3.72. The summed E-state index contributed by atoms with van der Waals surface area (Å²) in [6, 6.07) is -2.29. The molecule has 1 unspecified atom stereocenters. The molecule has 0 aliphatic carbocycles. The molecule has 1 atom stereocenters. The predicted octanol–water partition coefficient (Wildman–Crippen LogP) is 1.65. The zero-order chi connectivity index (χ0) is 16.1. The number of halogens is 3. The number of carboxylic acids is 1. The van der Waals surface area contributed by atoms with E-state index in [0.717, 1.165) is 6.92 Å². The summed E-state index contributed by atoms with van der Waals surface area (Å²) in [4.78, 5) is 33.4. The normalized spacial score (nSPS) is 13.5. The molecule has 0 rings (SSSR count). The minimum Gasteiger partial charge on any atom is -0.481 e. The highest BCUT2D eigenvalue weighted by Crippen LogP contribution is 2.21. The van der Waals surface area contributed by atoms with Crippen molar-refractivity contribution in [2.75, 3.05) is 0 Å². The number of imide groups is 1. The van der Waals surface area contributed by atoms with Crippen LogP contribution in [0.3, 0.4) is 0 Å². The van der Waals surface area contributed by atoms with Crippen molar-refractivity contribution in [1.82, 2.24) is 10.6 Å². The van der Waals surface area contributed by atoms with Gasteiger partial charge in [-0.2, -0.15) is 13.2 Å². The predicted molar refractivity (Wildman–Crippen MR) is 62.8 cm³/mol. The fourth-order valence-corrected chi connectivity index (χ4v) is 1.31. The number of aliphatic carboxylic acids is 1. The first-order chi connectivity index (χ1) is 8.83. The van der Waals surface area contributed by atoms with Gasteiger partial charge in [-0.25, -0.2) is 4.79 Å². The van der Waals surface area contributed by atoms with Crippen LogP contribution >= 0.6 is 0 Å². The van der Waals surface area contributed by atoms with Gasteiger partial charge >= 0.3 is 18.2 Å². The Morgan fingerprint density at radius 1 is 1.20 bits per heavy atom. The van der Waals surface area contributed by atoms with Crippen LogP contribution in [0.2, 0.25) is 0 Å². The maximum atomic E-state index is 12.0. The summed E-state index contributed by atoms with van der Waals surface area (Å²) in [7, 11) is 0. The van der Waals surface area contributed by atoms with Gasteiger partial charge < -0.3 is 10.4 Å². The largest absolute Gasteiger partial charge is 0.481 e. The van der Waals surface area contributed by atoms with Gasteiger partial charge in [-0.1, -0.05) is 0 Å². The Hall–Kier alpha value is -1.80. The summed E-state index contributed by atoms with van der Waals surface area (Å²) in [6.07, 6.45) is -6.12. The summed E-state index contributed by atoms with van der Waals surface area (Å²) in [5.41, 5.74) is -1.37. The van der Waals surface area contributed by atoms with Crippen molar-refractivity contribution in [3.8, 4) is 0 Å². The molecule has 0 spiro atoms. The maximum Gasteiger partial charge on any atom is 0.391 e. The van der Waals surface area contributed by atoms with Crippen molar-refractivity contribution in [2.24, 2.45) is 5.41 Å². The average molecular weight is 298 g/mol. The van der Waals surface area contributed by atoms with Crippen molar-refractivity contribution in [2.45, 2.75) is 45.8 Å². The zero-order valence-corrected chi connectivity index (χ0v) is 11.3. The highest BCUT2D eigenvalue weighted by Gasteiger charge is 2.32. The van der Waals surface area contributed by atoms with E-state index < -0.39 is 48.4 Å².